The van der Waals surface area contributed by atoms with Crippen LogP contribution >= 0.6 is 11.3 Å². The number of hydrogen-bond acceptors (Lipinski definition) is 4. The molecule has 0 saturated heterocycles. The van der Waals surface area contributed by atoms with Crippen LogP contribution in [-0.4, -0.2) is 28.5 Å². The Kier molecular flexibility index (Phi) is 5.22. The van der Waals surface area contributed by atoms with Crippen LogP contribution in [0.5, 0.6) is 0 Å². The van der Waals surface area contributed by atoms with Crippen molar-refractivity contribution >= 4 is 29.3 Å². The zero-order chi connectivity index (χ0) is 15.1. The van der Waals surface area contributed by atoms with Crippen molar-refractivity contribution in [1.29, 1.82) is 0 Å². The minimum Gasteiger partial charge on any atom is -0.478 e. The van der Waals surface area contributed by atoms with Gasteiger partial charge in [-0.15, -0.1) is 11.3 Å². The number of aliphatic carboxylic acids is 1. The van der Waals surface area contributed by atoms with Crippen molar-refractivity contribution in [2.24, 2.45) is 0 Å². The Morgan fingerprint density at radius 1 is 1.38 bits per heavy atom. The first kappa shape index (κ1) is 14.9. The van der Waals surface area contributed by atoms with Crippen LogP contribution in [0.4, 0.5) is 0 Å². The topological polar surface area (TPSA) is 79.3 Å². The van der Waals surface area contributed by atoms with E-state index < -0.39 is 5.97 Å². The normalized spacial score (nSPS) is 10.7. The molecule has 2 aromatic rings. The Hall–Kier alpha value is -2.47. The molecule has 0 fully saturated rings. The average molecular weight is 302 g/mol. The van der Waals surface area contributed by atoms with Gasteiger partial charge in [0, 0.05) is 29.9 Å². The van der Waals surface area contributed by atoms with Crippen LogP contribution < -0.4 is 5.32 Å². The number of hydrogen-bond donors (Lipinski definition) is 2. The van der Waals surface area contributed by atoms with Gasteiger partial charge >= 0.3 is 5.97 Å². The highest BCUT2D eigenvalue weighted by Gasteiger charge is 2.06. The molecule has 0 atom stereocenters. The number of nitrogens with zero attached hydrogens (tertiary/aromatic N) is 1. The Bertz CT molecular complexity index is 651. The van der Waals surface area contributed by atoms with E-state index in [4.69, 9.17) is 5.11 Å². The first-order chi connectivity index (χ1) is 10.1. The molecule has 2 rings (SSSR count). The minimum absolute atomic E-state index is 0.218. The lowest BCUT2D eigenvalue weighted by Gasteiger charge is -2.04. The smallest absolute Gasteiger partial charge is 0.328 e. The van der Waals surface area contributed by atoms with Crippen LogP contribution in [0.1, 0.15) is 20.8 Å². The van der Waals surface area contributed by atoms with Gasteiger partial charge in [-0.2, -0.15) is 0 Å². The third kappa shape index (κ3) is 4.85. The number of pyridine rings is 1. The fraction of sp³-hybridized carbons (Fsp3) is 0.133. The maximum absolute atomic E-state index is 12.0. The molecule has 0 aliphatic carbocycles. The van der Waals surface area contributed by atoms with Gasteiger partial charge in [-0.05, 0) is 35.6 Å². The predicted molar refractivity (Wildman–Crippen MR) is 81.3 cm³/mol. The first-order valence-corrected chi connectivity index (χ1v) is 7.20. The molecule has 0 aliphatic heterocycles. The average Bonchev–Trinajstić information content (AvgIpc) is 2.98. The second-order valence-electron chi connectivity index (χ2n) is 4.26. The summed E-state index contributed by atoms with van der Waals surface area (Å²) < 4.78 is 0. The highest BCUT2D eigenvalue weighted by molar-refractivity contribution is 7.09. The molecule has 108 valence electrons. The van der Waals surface area contributed by atoms with Gasteiger partial charge < -0.3 is 10.4 Å². The Morgan fingerprint density at radius 2 is 2.24 bits per heavy atom. The van der Waals surface area contributed by atoms with Crippen LogP contribution in [0.25, 0.3) is 6.08 Å². The van der Waals surface area contributed by atoms with Gasteiger partial charge in [-0.25, -0.2) is 4.79 Å². The summed E-state index contributed by atoms with van der Waals surface area (Å²) in [5, 5.41) is 13.4. The van der Waals surface area contributed by atoms with Crippen molar-refractivity contribution < 1.29 is 14.7 Å². The molecule has 2 N–H and O–H groups in total. The molecular formula is C15H14N2O3S. The zero-order valence-electron chi connectivity index (χ0n) is 11.2. The van der Waals surface area contributed by atoms with Gasteiger partial charge in [-0.1, -0.05) is 6.07 Å². The molecule has 2 aromatic heterocycles. The van der Waals surface area contributed by atoms with E-state index in [0.29, 0.717) is 17.7 Å². The van der Waals surface area contributed by atoms with Gasteiger partial charge in [0.2, 0.25) is 0 Å². The fourth-order valence-electron chi connectivity index (χ4n) is 1.70. The van der Waals surface area contributed by atoms with Gasteiger partial charge in [-0.3, -0.25) is 9.78 Å². The highest BCUT2D eigenvalue weighted by Crippen LogP contribution is 2.09. The number of carboxylic acid groups (broad SMARTS) is 1. The van der Waals surface area contributed by atoms with Crippen molar-refractivity contribution in [3.05, 3.63) is 58.1 Å². The van der Waals surface area contributed by atoms with Crippen molar-refractivity contribution in [2.45, 2.75) is 6.42 Å². The monoisotopic (exact) mass is 302 g/mol. The van der Waals surface area contributed by atoms with Gasteiger partial charge in [0.25, 0.3) is 5.91 Å². The van der Waals surface area contributed by atoms with E-state index >= 15 is 0 Å². The number of carbonyl (C=O) groups excluding carboxylic acids is 1. The maximum Gasteiger partial charge on any atom is 0.328 e. The molecular weight excluding hydrogens is 288 g/mol. The molecule has 6 heteroatoms. The van der Waals surface area contributed by atoms with E-state index in [9.17, 15) is 9.59 Å². The van der Waals surface area contributed by atoms with Crippen LogP contribution in [0, 0.1) is 0 Å². The molecule has 0 spiro atoms. The Morgan fingerprint density at radius 3 is 2.95 bits per heavy atom. The van der Waals surface area contributed by atoms with Gasteiger partial charge in [0.05, 0.1) is 5.56 Å². The first-order valence-electron chi connectivity index (χ1n) is 6.32. The number of nitrogens with one attached hydrogen (secondary N) is 1. The fourth-order valence-corrected chi connectivity index (χ4v) is 2.41. The summed E-state index contributed by atoms with van der Waals surface area (Å²) in [6.45, 7) is 0.550. The number of amides is 1. The summed E-state index contributed by atoms with van der Waals surface area (Å²) in [4.78, 5) is 27.6. The number of carboxylic acids is 1. The maximum atomic E-state index is 12.0. The summed E-state index contributed by atoms with van der Waals surface area (Å²) >= 11 is 1.65. The van der Waals surface area contributed by atoms with Crippen LogP contribution in [0.15, 0.2) is 42.0 Å². The summed E-state index contributed by atoms with van der Waals surface area (Å²) in [6.07, 6.45) is 6.16. The number of rotatable bonds is 6. The summed E-state index contributed by atoms with van der Waals surface area (Å²) in [6, 6.07) is 5.60. The van der Waals surface area contributed by atoms with E-state index in [0.717, 1.165) is 12.5 Å². The SMILES string of the molecule is O=C(O)C=Cc1cncc(C(=O)NCCc2cccs2)c1. The highest BCUT2D eigenvalue weighted by atomic mass is 32.1. The lowest BCUT2D eigenvalue weighted by molar-refractivity contribution is -0.131. The van der Waals surface area contributed by atoms with Crippen molar-refractivity contribution in [2.75, 3.05) is 6.54 Å². The van der Waals surface area contributed by atoms with Crippen molar-refractivity contribution in [3.8, 4) is 0 Å². The Balaban J connectivity index is 1.92. The van der Waals surface area contributed by atoms with E-state index in [2.05, 4.69) is 10.3 Å². The van der Waals surface area contributed by atoms with Gasteiger partial charge in [0.1, 0.15) is 0 Å². The van der Waals surface area contributed by atoms with Crippen LogP contribution in [0.2, 0.25) is 0 Å². The Labute approximate surface area is 126 Å². The molecule has 0 saturated carbocycles. The van der Waals surface area contributed by atoms with Crippen molar-refractivity contribution in [3.63, 3.8) is 0 Å². The number of carbonyl (C=O) groups is 2. The summed E-state index contributed by atoms with van der Waals surface area (Å²) in [5.74, 6) is -1.26. The van der Waals surface area contributed by atoms with E-state index in [1.165, 1.54) is 23.3 Å². The van der Waals surface area contributed by atoms with Crippen LogP contribution in [-0.2, 0) is 11.2 Å². The third-order valence-corrected chi connectivity index (χ3v) is 3.61. The summed E-state index contributed by atoms with van der Waals surface area (Å²) in [5.41, 5.74) is 0.983. The molecule has 2 heterocycles. The van der Waals surface area contributed by atoms with Crippen LogP contribution in [0.3, 0.4) is 0 Å². The third-order valence-electron chi connectivity index (χ3n) is 2.68. The predicted octanol–water partition coefficient (Wildman–Crippen LogP) is 2.21. The second-order valence-corrected chi connectivity index (χ2v) is 5.30. The number of thiophene rings is 1. The number of aromatic nitrogens is 1. The van der Waals surface area contributed by atoms with E-state index in [1.807, 2.05) is 17.5 Å². The molecule has 0 bridgehead atoms. The zero-order valence-corrected chi connectivity index (χ0v) is 12.0. The molecule has 5 nitrogen and oxygen atoms in total. The largest absolute Gasteiger partial charge is 0.478 e. The molecule has 1 amide bonds. The quantitative estimate of drug-likeness (QED) is 0.802. The van der Waals surface area contributed by atoms with Gasteiger partial charge in [0.15, 0.2) is 0 Å². The molecule has 0 radical (unpaired) electrons. The summed E-state index contributed by atoms with van der Waals surface area (Å²) in [7, 11) is 0. The minimum atomic E-state index is -1.04. The van der Waals surface area contributed by atoms with E-state index in [-0.39, 0.29) is 5.91 Å². The molecule has 0 unspecified atom stereocenters. The van der Waals surface area contributed by atoms with Crippen molar-refractivity contribution in [1.82, 2.24) is 10.3 Å². The van der Waals surface area contributed by atoms with E-state index in [1.54, 1.807) is 17.4 Å². The molecule has 0 aromatic carbocycles. The molecule has 21 heavy (non-hydrogen) atoms. The molecule has 0 aliphatic rings. The lowest BCUT2D eigenvalue weighted by atomic mass is 10.2. The second kappa shape index (κ2) is 7.35. The standard InChI is InChI=1S/C15H14N2O3S/c18-14(19)4-3-11-8-12(10-16-9-11)15(20)17-6-5-13-2-1-7-21-13/h1-4,7-10H,5-6H2,(H,17,20)(H,18,19). The lowest BCUT2D eigenvalue weighted by Crippen LogP contribution is -2.25.